The number of benzene rings is 1. The van der Waals surface area contributed by atoms with Crippen molar-refractivity contribution < 1.29 is 9.59 Å². The van der Waals surface area contributed by atoms with Gasteiger partial charge in [-0.1, -0.05) is 29.8 Å². The standard InChI is InChI=1S/C21H22ClN3O2/c22-18-4-2-1-3-17(18)21(13-16-5-6-19(26)25(16)14-21)20(27)24-12-9-15-7-10-23-11-8-15/h1-4,7-8,10-11,16H,5-6,9,12-14H2,(H,24,27)/t16-,21-/m0/s1. The second-order valence-corrected chi connectivity index (χ2v) is 7.75. The van der Waals surface area contributed by atoms with E-state index in [0.717, 1.165) is 24.0 Å². The summed E-state index contributed by atoms with van der Waals surface area (Å²) < 4.78 is 0. The molecule has 2 aliphatic rings. The average molecular weight is 384 g/mol. The van der Waals surface area contributed by atoms with Crippen molar-refractivity contribution in [2.45, 2.75) is 37.1 Å². The number of nitrogens with one attached hydrogen (secondary N) is 1. The first-order valence-electron chi connectivity index (χ1n) is 9.32. The predicted octanol–water partition coefficient (Wildman–Crippen LogP) is 2.73. The molecule has 2 saturated heterocycles. The minimum Gasteiger partial charge on any atom is -0.355 e. The van der Waals surface area contributed by atoms with Gasteiger partial charge in [0, 0.05) is 43.0 Å². The van der Waals surface area contributed by atoms with Crippen molar-refractivity contribution >= 4 is 23.4 Å². The monoisotopic (exact) mass is 383 g/mol. The zero-order valence-electron chi connectivity index (χ0n) is 15.0. The molecule has 2 fully saturated rings. The third kappa shape index (κ3) is 3.32. The summed E-state index contributed by atoms with van der Waals surface area (Å²) >= 11 is 6.47. The molecule has 5 nitrogen and oxygen atoms in total. The van der Waals surface area contributed by atoms with Gasteiger partial charge in [-0.05, 0) is 48.6 Å². The number of amides is 2. The average Bonchev–Trinajstić information content (AvgIpc) is 3.23. The normalized spacial score (nSPS) is 24.1. The Balaban J connectivity index is 1.56. The highest BCUT2D eigenvalue weighted by Gasteiger charge is 2.54. The number of pyridine rings is 1. The molecule has 2 aromatic rings. The Morgan fingerprint density at radius 2 is 2.04 bits per heavy atom. The van der Waals surface area contributed by atoms with E-state index in [1.165, 1.54) is 0 Å². The molecule has 1 N–H and O–H groups in total. The molecule has 6 heteroatoms. The molecule has 1 aromatic carbocycles. The van der Waals surface area contributed by atoms with Gasteiger partial charge in [0.15, 0.2) is 0 Å². The highest BCUT2D eigenvalue weighted by Crippen LogP contribution is 2.45. The van der Waals surface area contributed by atoms with Crippen molar-refractivity contribution in [3.8, 4) is 0 Å². The molecule has 140 valence electrons. The number of carbonyl (C=O) groups excluding carboxylic acids is 2. The van der Waals surface area contributed by atoms with Crippen LogP contribution < -0.4 is 5.32 Å². The molecule has 0 saturated carbocycles. The van der Waals surface area contributed by atoms with Crippen LogP contribution >= 0.6 is 11.6 Å². The highest BCUT2D eigenvalue weighted by atomic mass is 35.5. The smallest absolute Gasteiger partial charge is 0.232 e. The van der Waals surface area contributed by atoms with Crippen molar-refractivity contribution in [1.29, 1.82) is 0 Å². The van der Waals surface area contributed by atoms with E-state index >= 15 is 0 Å². The SMILES string of the molecule is O=C1CC[C@H]2C[C@@](C(=O)NCCc3ccncc3)(c3ccccc3Cl)CN12. The molecular formula is C21H22ClN3O2. The van der Waals surface area contributed by atoms with Gasteiger partial charge < -0.3 is 10.2 Å². The van der Waals surface area contributed by atoms with Gasteiger partial charge in [-0.3, -0.25) is 14.6 Å². The summed E-state index contributed by atoms with van der Waals surface area (Å²) in [5.41, 5.74) is 1.16. The van der Waals surface area contributed by atoms with Gasteiger partial charge in [0.05, 0.1) is 5.41 Å². The fourth-order valence-corrected chi connectivity index (χ4v) is 4.67. The Morgan fingerprint density at radius 3 is 2.78 bits per heavy atom. The van der Waals surface area contributed by atoms with Crippen LogP contribution in [0.5, 0.6) is 0 Å². The summed E-state index contributed by atoms with van der Waals surface area (Å²) in [5.74, 6) is 0.0883. The maximum Gasteiger partial charge on any atom is 0.232 e. The van der Waals surface area contributed by atoms with Crippen molar-refractivity contribution in [1.82, 2.24) is 15.2 Å². The minimum atomic E-state index is -0.780. The van der Waals surface area contributed by atoms with E-state index in [2.05, 4.69) is 10.3 Å². The Morgan fingerprint density at radius 1 is 1.26 bits per heavy atom. The fraction of sp³-hybridized carbons (Fsp3) is 0.381. The van der Waals surface area contributed by atoms with Crippen LogP contribution in [-0.2, 0) is 21.4 Å². The lowest BCUT2D eigenvalue weighted by Crippen LogP contribution is -2.47. The maximum absolute atomic E-state index is 13.3. The van der Waals surface area contributed by atoms with Crippen LogP contribution in [0.3, 0.4) is 0 Å². The first-order valence-corrected chi connectivity index (χ1v) is 9.70. The lowest BCUT2D eigenvalue weighted by atomic mass is 9.76. The Kier molecular flexibility index (Phi) is 4.87. The molecule has 1 aromatic heterocycles. The summed E-state index contributed by atoms with van der Waals surface area (Å²) in [6.07, 6.45) is 6.25. The molecular weight excluding hydrogens is 362 g/mol. The number of hydrogen-bond donors (Lipinski definition) is 1. The fourth-order valence-electron chi connectivity index (χ4n) is 4.35. The Labute approximate surface area is 163 Å². The number of rotatable bonds is 5. The quantitative estimate of drug-likeness (QED) is 0.863. The summed E-state index contributed by atoms with van der Waals surface area (Å²) in [6, 6.07) is 11.5. The van der Waals surface area contributed by atoms with Gasteiger partial charge in [0.25, 0.3) is 0 Å². The van der Waals surface area contributed by atoms with E-state index in [0.29, 0.717) is 31.0 Å². The van der Waals surface area contributed by atoms with Crippen molar-refractivity contribution in [2.24, 2.45) is 0 Å². The molecule has 2 atom stereocenters. The summed E-state index contributed by atoms with van der Waals surface area (Å²) in [7, 11) is 0. The minimum absolute atomic E-state index is 0.0492. The van der Waals surface area contributed by atoms with Crippen LogP contribution in [0.15, 0.2) is 48.8 Å². The topological polar surface area (TPSA) is 62.3 Å². The highest BCUT2D eigenvalue weighted by molar-refractivity contribution is 6.31. The van der Waals surface area contributed by atoms with Gasteiger partial charge >= 0.3 is 0 Å². The zero-order valence-corrected chi connectivity index (χ0v) is 15.8. The van der Waals surface area contributed by atoms with Crippen molar-refractivity contribution in [2.75, 3.05) is 13.1 Å². The number of fused-ring (bicyclic) bond motifs is 1. The van der Waals surface area contributed by atoms with E-state index in [4.69, 9.17) is 11.6 Å². The van der Waals surface area contributed by atoms with Gasteiger partial charge in [-0.15, -0.1) is 0 Å². The summed E-state index contributed by atoms with van der Waals surface area (Å²) in [4.78, 5) is 31.4. The second-order valence-electron chi connectivity index (χ2n) is 7.34. The Hall–Kier alpha value is -2.40. The first-order chi connectivity index (χ1) is 13.1. The third-order valence-corrected chi connectivity index (χ3v) is 6.08. The first kappa shape index (κ1) is 18.0. The molecule has 3 heterocycles. The molecule has 27 heavy (non-hydrogen) atoms. The van der Waals surface area contributed by atoms with E-state index in [1.54, 1.807) is 12.4 Å². The van der Waals surface area contributed by atoms with Gasteiger partial charge in [0.2, 0.25) is 11.8 Å². The number of hydrogen-bond acceptors (Lipinski definition) is 3. The van der Waals surface area contributed by atoms with Gasteiger partial charge in [-0.25, -0.2) is 0 Å². The molecule has 0 radical (unpaired) electrons. The summed E-state index contributed by atoms with van der Waals surface area (Å²) in [5, 5.41) is 3.67. The van der Waals surface area contributed by atoms with Crippen LogP contribution in [0.1, 0.15) is 30.4 Å². The molecule has 0 bridgehead atoms. The molecule has 0 unspecified atom stereocenters. The van der Waals surface area contributed by atoms with E-state index in [-0.39, 0.29) is 17.9 Å². The van der Waals surface area contributed by atoms with Crippen molar-refractivity contribution in [3.63, 3.8) is 0 Å². The third-order valence-electron chi connectivity index (χ3n) is 5.75. The largest absolute Gasteiger partial charge is 0.355 e. The van der Waals surface area contributed by atoms with E-state index in [9.17, 15) is 9.59 Å². The Bertz CT molecular complexity index is 858. The number of nitrogens with zero attached hydrogens (tertiary/aromatic N) is 2. The lowest BCUT2D eigenvalue weighted by molar-refractivity contribution is -0.129. The van der Waals surface area contributed by atoms with Gasteiger partial charge in [-0.2, -0.15) is 0 Å². The predicted molar refractivity (Wildman–Crippen MR) is 103 cm³/mol. The van der Waals surface area contributed by atoms with Gasteiger partial charge in [0.1, 0.15) is 0 Å². The number of halogens is 1. The zero-order chi connectivity index (χ0) is 18.9. The molecule has 0 aliphatic carbocycles. The summed E-state index contributed by atoms with van der Waals surface area (Å²) in [6.45, 7) is 0.939. The van der Waals surface area contributed by atoms with Crippen LogP contribution in [-0.4, -0.2) is 40.8 Å². The molecule has 4 rings (SSSR count). The molecule has 0 spiro atoms. The number of carbonyl (C=O) groups is 2. The maximum atomic E-state index is 13.3. The lowest BCUT2D eigenvalue weighted by Gasteiger charge is -2.29. The van der Waals surface area contributed by atoms with E-state index in [1.807, 2.05) is 41.3 Å². The van der Waals surface area contributed by atoms with Crippen LogP contribution in [0.25, 0.3) is 0 Å². The second kappa shape index (κ2) is 7.31. The van der Waals surface area contributed by atoms with Crippen LogP contribution in [0.2, 0.25) is 5.02 Å². The number of aromatic nitrogens is 1. The molecule has 2 aliphatic heterocycles. The van der Waals surface area contributed by atoms with Crippen LogP contribution in [0.4, 0.5) is 0 Å². The molecule has 2 amide bonds. The van der Waals surface area contributed by atoms with E-state index < -0.39 is 5.41 Å². The van der Waals surface area contributed by atoms with Crippen molar-refractivity contribution in [3.05, 3.63) is 64.9 Å². The van der Waals surface area contributed by atoms with Crippen LogP contribution in [0, 0.1) is 0 Å².